The highest BCUT2D eigenvalue weighted by Gasteiger charge is 2.37. The largest absolute Gasteiger partial charge is 0.466 e. The molecule has 3 atom stereocenters. The molecule has 110 valence electrons. The molecule has 20 heavy (non-hydrogen) atoms. The molecule has 1 amide bonds. The summed E-state index contributed by atoms with van der Waals surface area (Å²) in [6.45, 7) is 5.13. The van der Waals surface area contributed by atoms with Gasteiger partial charge in [-0.15, -0.1) is 0 Å². The van der Waals surface area contributed by atoms with E-state index in [1.807, 2.05) is 6.07 Å². The van der Waals surface area contributed by atoms with Gasteiger partial charge in [0.15, 0.2) is 0 Å². The molecular formula is C16H23NO3. The molecule has 3 unspecified atom stereocenters. The smallest absolute Gasteiger partial charge is 0.223 e. The van der Waals surface area contributed by atoms with Gasteiger partial charge in [0.05, 0.1) is 5.60 Å². The lowest BCUT2D eigenvalue weighted by molar-refractivity contribution is -0.131. The summed E-state index contributed by atoms with van der Waals surface area (Å²) >= 11 is 0. The number of aryl methyl sites for hydroxylation is 1. The Labute approximate surface area is 119 Å². The fourth-order valence-corrected chi connectivity index (χ4v) is 2.99. The molecule has 2 fully saturated rings. The highest BCUT2D eigenvalue weighted by atomic mass is 16.3. The molecule has 0 aromatic carbocycles. The van der Waals surface area contributed by atoms with Crippen molar-refractivity contribution in [3.63, 3.8) is 0 Å². The first-order valence-corrected chi connectivity index (χ1v) is 7.53. The molecule has 4 heteroatoms. The van der Waals surface area contributed by atoms with Crippen molar-refractivity contribution in [2.24, 2.45) is 5.92 Å². The summed E-state index contributed by atoms with van der Waals surface area (Å²) in [6, 6.07) is 4.04. The second-order valence-electron chi connectivity index (χ2n) is 6.69. The quantitative estimate of drug-likeness (QED) is 0.919. The van der Waals surface area contributed by atoms with E-state index in [4.69, 9.17) is 4.42 Å². The Morgan fingerprint density at radius 1 is 1.55 bits per heavy atom. The van der Waals surface area contributed by atoms with Crippen LogP contribution in [0.3, 0.4) is 0 Å². The zero-order valence-corrected chi connectivity index (χ0v) is 12.3. The van der Waals surface area contributed by atoms with E-state index in [0.717, 1.165) is 17.4 Å². The summed E-state index contributed by atoms with van der Waals surface area (Å²) in [4.78, 5) is 13.8. The van der Waals surface area contributed by atoms with Gasteiger partial charge in [-0.3, -0.25) is 4.79 Å². The lowest BCUT2D eigenvalue weighted by Crippen LogP contribution is -2.33. The zero-order chi connectivity index (χ0) is 14.3. The molecule has 1 aromatic rings. The predicted molar refractivity (Wildman–Crippen MR) is 75.4 cm³/mol. The van der Waals surface area contributed by atoms with Gasteiger partial charge in [0, 0.05) is 31.8 Å². The third-order valence-corrected chi connectivity index (χ3v) is 4.55. The minimum absolute atomic E-state index is 0.112. The Morgan fingerprint density at radius 2 is 2.30 bits per heavy atom. The highest BCUT2D eigenvalue weighted by Crippen LogP contribution is 2.47. The highest BCUT2D eigenvalue weighted by molar-refractivity contribution is 5.76. The first-order valence-electron chi connectivity index (χ1n) is 7.53. The van der Waals surface area contributed by atoms with E-state index in [1.54, 1.807) is 11.8 Å². The Bertz CT molecular complexity index is 506. The fourth-order valence-electron chi connectivity index (χ4n) is 2.99. The molecule has 0 radical (unpaired) electrons. The number of rotatable bonds is 4. The number of carbonyl (C=O) groups excluding carboxylic acids is 1. The molecule has 4 nitrogen and oxygen atoms in total. The van der Waals surface area contributed by atoms with E-state index >= 15 is 0 Å². The fraction of sp³-hybridized carbons (Fsp3) is 0.688. The maximum absolute atomic E-state index is 12.1. The molecule has 2 heterocycles. The molecule has 0 bridgehead atoms. The van der Waals surface area contributed by atoms with E-state index in [2.05, 4.69) is 13.0 Å². The third-order valence-electron chi connectivity index (χ3n) is 4.55. The molecule has 1 aliphatic heterocycles. The number of nitrogens with zero attached hydrogens (tertiary/aromatic N) is 1. The number of likely N-dealkylation sites (tertiary alicyclic amines) is 1. The molecular weight excluding hydrogens is 254 g/mol. The summed E-state index contributed by atoms with van der Waals surface area (Å²) in [6.07, 6.45) is 3.00. The van der Waals surface area contributed by atoms with Gasteiger partial charge in [0.25, 0.3) is 0 Å². The van der Waals surface area contributed by atoms with Crippen molar-refractivity contribution in [2.45, 2.75) is 51.0 Å². The topological polar surface area (TPSA) is 53.7 Å². The number of hydrogen-bond donors (Lipinski definition) is 1. The maximum atomic E-state index is 12.1. The Hall–Kier alpha value is -1.29. The standard InChI is InChI=1S/C16H23NO3/c1-11-9-13(11)14-5-3-12(20-14)4-6-15(18)17-8-7-16(2,19)10-17/h3,5,11,13,19H,4,6-10H2,1-2H3. The van der Waals surface area contributed by atoms with Crippen molar-refractivity contribution in [1.82, 2.24) is 4.90 Å². The van der Waals surface area contributed by atoms with Gasteiger partial charge >= 0.3 is 0 Å². The third kappa shape index (κ3) is 2.90. The van der Waals surface area contributed by atoms with E-state index in [-0.39, 0.29) is 5.91 Å². The van der Waals surface area contributed by atoms with Crippen molar-refractivity contribution >= 4 is 5.91 Å². The molecule has 1 aromatic heterocycles. The number of hydrogen-bond acceptors (Lipinski definition) is 3. The zero-order valence-electron chi connectivity index (χ0n) is 12.3. The van der Waals surface area contributed by atoms with E-state index in [0.29, 0.717) is 38.3 Å². The van der Waals surface area contributed by atoms with Crippen molar-refractivity contribution in [3.8, 4) is 0 Å². The molecule has 1 N–H and O–H groups in total. The van der Waals surface area contributed by atoms with Gasteiger partial charge in [-0.25, -0.2) is 0 Å². The van der Waals surface area contributed by atoms with Crippen LogP contribution < -0.4 is 0 Å². The second kappa shape index (κ2) is 4.92. The average Bonchev–Trinajstić information content (AvgIpc) is 2.82. The monoisotopic (exact) mass is 277 g/mol. The molecule has 1 saturated heterocycles. The summed E-state index contributed by atoms with van der Waals surface area (Å²) in [5.41, 5.74) is -0.713. The van der Waals surface area contributed by atoms with Crippen LogP contribution in [0.2, 0.25) is 0 Å². The van der Waals surface area contributed by atoms with Crippen LogP contribution in [0.15, 0.2) is 16.5 Å². The molecule has 2 aliphatic rings. The van der Waals surface area contributed by atoms with Crippen LogP contribution in [-0.4, -0.2) is 34.6 Å². The van der Waals surface area contributed by atoms with Crippen LogP contribution in [0.4, 0.5) is 0 Å². The van der Waals surface area contributed by atoms with Crippen LogP contribution in [0.5, 0.6) is 0 Å². The van der Waals surface area contributed by atoms with Crippen molar-refractivity contribution in [1.29, 1.82) is 0 Å². The summed E-state index contributed by atoms with van der Waals surface area (Å²) < 4.78 is 5.81. The SMILES string of the molecule is CC1CC1c1ccc(CCC(=O)N2CCC(C)(O)C2)o1. The van der Waals surface area contributed by atoms with E-state index < -0.39 is 5.60 Å². The lowest BCUT2D eigenvalue weighted by Gasteiger charge is -2.18. The van der Waals surface area contributed by atoms with Gasteiger partial charge in [0.1, 0.15) is 11.5 Å². The second-order valence-corrected chi connectivity index (χ2v) is 6.69. The predicted octanol–water partition coefficient (Wildman–Crippen LogP) is 2.32. The first-order chi connectivity index (χ1) is 9.44. The van der Waals surface area contributed by atoms with Crippen molar-refractivity contribution in [2.75, 3.05) is 13.1 Å². The van der Waals surface area contributed by atoms with Gasteiger partial charge in [-0.05, 0) is 37.8 Å². The van der Waals surface area contributed by atoms with Gasteiger partial charge < -0.3 is 14.4 Å². The van der Waals surface area contributed by atoms with Gasteiger partial charge in [0.2, 0.25) is 5.91 Å². The van der Waals surface area contributed by atoms with Crippen LogP contribution in [0, 0.1) is 5.92 Å². The van der Waals surface area contributed by atoms with Crippen molar-refractivity contribution < 1.29 is 14.3 Å². The molecule has 1 saturated carbocycles. The summed E-state index contributed by atoms with van der Waals surface area (Å²) in [7, 11) is 0. The van der Waals surface area contributed by atoms with Gasteiger partial charge in [-0.2, -0.15) is 0 Å². The summed E-state index contributed by atoms with van der Waals surface area (Å²) in [5, 5.41) is 9.88. The van der Waals surface area contributed by atoms with Crippen LogP contribution in [0.1, 0.15) is 50.5 Å². The van der Waals surface area contributed by atoms with E-state index in [9.17, 15) is 9.90 Å². The molecule has 0 spiro atoms. The van der Waals surface area contributed by atoms with Crippen LogP contribution in [-0.2, 0) is 11.2 Å². The average molecular weight is 277 g/mol. The summed E-state index contributed by atoms with van der Waals surface area (Å²) in [5.74, 6) is 3.42. The Morgan fingerprint density at radius 3 is 2.90 bits per heavy atom. The van der Waals surface area contributed by atoms with E-state index in [1.165, 1.54) is 6.42 Å². The molecule has 1 aliphatic carbocycles. The Kier molecular flexibility index (Phi) is 3.36. The Balaban J connectivity index is 1.49. The maximum Gasteiger partial charge on any atom is 0.223 e. The number of furan rings is 1. The number of amides is 1. The minimum Gasteiger partial charge on any atom is -0.466 e. The lowest BCUT2D eigenvalue weighted by atomic mass is 10.1. The number of carbonyl (C=O) groups is 1. The normalized spacial score (nSPS) is 32.6. The number of β-amino-alcohol motifs (C(OH)–C–C–N with tert-alkyl or cyclic N) is 1. The first kappa shape index (κ1) is 13.7. The van der Waals surface area contributed by atoms with Gasteiger partial charge in [-0.1, -0.05) is 6.92 Å². The van der Waals surface area contributed by atoms with Crippen molar-refractivity contribution in [3.05, 3.63) is 23.7 Å². The molecule has 3 rings (SSSR count). The van der Waals surface area contributed by atoms with Crippen LogP contribution >= 0.6 is 0 Å². The minimum atomic E-state index is -0.713. The van der Waals surface area contributed by atoms with Crippen LogP contribution in [0.25, 0.3) is 0 Å². The number of aliphatic hydroxyl groups is 1.